The normalized spacial score (nSPS) is 10.7. The van der Waals surface area contributed by atoms with Gasteiger partial charge in [0, 0.05) is 16.3 Å². The predicted octanol–water partition coefficient (Wildman–Crippen LogP) is 4.53. The molecule has 0 saturated heterocycles. The molecule has 0 bridgehead atoms. The Balaban J connectivity index is 2.31. The van der Waals surface area contributed by atoms with Crippen molar-refractivity contribution < 1.29 is 9.84 Å². The summed E-state index contributed by atoms with van der Waals surface area (Å²) in [5, 5.41) is 12.3. The SMILES string of the molecule is COc1cc(-c2ccc(C)cc2)c(O)c2ccccc12. The van der Waals surface area contributed by atoms with Crippen LogP contribution >= 0.6 is 0 Å². The molecule has 0 amide bonds. The van der Waals surface area contributed by atoms with Gasteiger partial charge in [0.2, 0.25) is 0 Å². The first-order valence-electron chi connectivity index (χ1n) is 6.56. The van der Waals surface area contributed by atoms with E-state index in [0.29, 0.717) is 5.75 Å². The van der Waals surface area contributed by atoms with E-state index in [-0.39, 0.29) is 0 Å². The highest BCUT2D eigenvalue weighted by Crippen LogP contribution is 2.41. The van der Waals surface area contributed by atoms with Crippen molar-refractivity contribution in [2.24, 2.45) is 0 Å². The van der Waals surface area contributed by atoms with Crippen LogP contribution < -0.4 is 4.74 Å². The largest absolute Gasteiger partial charge is 0.507 e. The highest BCUT2D eigenvalue weighted by molar-refractivity contribution is 5.99. The zero-order valence-corrected chi connectivity index (χ0v) is 11.6. The molecule has 2 nitrogen and oxygen atoms in total. The van der Waals surface area contributed by atoms with Crippen molar-refractivity contribution in [3.05, 3.63) is 60.2 Å². The van der Waals surface area contributed by atoms with Crippen LogP contribution in [0.25, 0.3) is 21.9 Å². The van der Waals surface area contributed by atoms with Crippen molar-refractivity contribution in [2.45, 2.75) is 6.92 Å². The number of aromatic hydroxyl groups is 1. The monoisotopic (exact) mass is 264 g/mol. The van der Waals surface area contributed by atoms with Gasteiger partial charge in [-0.2, -0.15) is 0 Å². The topological polar surface area (TPSA) is 29.5 Å². The molecular formula is C18H16O2. The lowest BCUT2D eigenvalue weighted by atomic mass is 9.98. The number of hydrogen-bond donors (Lipinski definition) is 1. The number of fused-ring (bicyclic) bond motifs is 1. The molecule has 0 aliphatic heterocycles. The lowest BCUT2D eigenvalue weighted by Crippen LogP contribution is -1.88. The van der Waals surface area contributed by atoms with Gasteiger partial charge in [0.1, 0.15) is 11.5 Å². The van der Waals surface area contributed by atoms with Crippen LogP contribution in [-0.2, 0) is 0 Å². The van der Waals surface area contributed by atoms with Crippen molar-refractivity contribution in [2.75, 3.05) is 7.11 Å². The third kappa shape index (κ3) is 1.99. The lowest BCUT2D eigenvalue weighted by Gasteiger charge is -2.12. The summed E-state index contributed by atoms with van der Waals surface area (Å²) < 4.78 is 5.46. The Morgan fingerprint density at radius 2 is 1.55 bits per heavy atom. The van der Waals surface area contributed by atoms with Gasteiger partial charge in [-0.3, -0.25) is 0 Å². The van der Waals surface area contributed by atoms with Gasteiger partial charge in [-0.25, -0.2) is 0 Å². The zero-order valence-electron chi connectivity index (χ0n) is 11.6. The number of phenolic OH excluding ortho intramolecular Hbond substituents is 1. The maximum absolute atomic E-state index is 10.5. The van der Waals surface area contributed by atoms with Gasteiger partial charge in [-0.15, -0.1) is 0 Å². The van der Waals surface area contributed by atoms with E-state index in [0.717, 1.165) is 27.6 Å². The molecule has 0 aliphatic carbocycles. The summed E-state index contributed by atoms with van der Waals surface area (Å²) in [4.78, 5) is 0. The number of ether oxygens (including phenoxy) is 1. The molecule has 0 heterocycles. The number of phenols is 1. The van der Waals surface area contributed by atoms with E-state index in [9.17, 15) is 5.11 Å². The maximum Gasteiger partial charge on any atom is 0.131 e. The fraction of sp³-hybridized carbons (Fsp3) is 0.111. The molecule has 0 saturated carbocycles. The average molecular weight is 264 g/mol. The van der Waals surface area contributed by atoms with Gasteiger partial charge in [-0.05, 0) is 18.6 Å². The first-order chi connectivity index (χ1) is 9.70. The molecule has 20 heavy (non-hydrogen) atoms. The summed E-state index contributed by atoms with van der Waals surface area (Å²) in [5.41, 5.74) is 2.97. The Kier molecular flexibility index (Phi) is 3.07. The van der Waals surface area contributed by atoms with Gasteiger partial charge in [-0.1, -0.05) is 54.1 Å². The second kappa shape index (κ2) is 4.89. The van der Waals surface area contributed by atoms with Gasteiger partial charge in [0.15, 0.2) is 0 Å². The second-order valence-corrected chi connectivity index (χ2v) is 4.89. The number of benzene rings is 3. The summed E-state index contributed by atoms with van der Waals surface area (Å²) in [6.45, 7) is 2.05. The van der Waals surface area contributed by atoms with Gasteiger partial charge in [0.05, 0.1) is 7.11 Å². The molecule has 100 valence electrons. The first-order valence-corrected chi connectivity index (χ1v) is 6.56. The Labute approximate surface area is 118 Å². The fourth-order valence-corrected chi connectivity index (χ4v) is 2.45. The Morgan fingerprint density at radius 3 is 2.20 bits per heavy atom. The molecule has 0 fully saturated rings. The van der Waals surface area contributed by atoms with Crippen molar-refractivity contribution >= 4 is 10.8 Å². The Bertz CT molecular complexity index is 758. The van der Waals surface area contributed by atoms with Crippen molar-refractivity contribution in [3.8, 4) is 22.6 Å². The molecule has 0 aromatic heterocycles. The summed E-state index contributed by atoms with van der Waals surface area (Å²) in [6.07, 6.45) is 0. The molecule has 0 aliphatic rings. The molecule has 3 rings (SSSR count). The van der Waals surface area contributed by atoms with Crippen LogP contribution in [-0.4, -0.2) is 12.2 Å². The smallest absolute Gasteiger partial charge is 0.131 e. The minimum atomic E-state index is 0.297. The standard InChI is InChI=1S/C18H16O2/c1-12-7-9-13(10-8-12)16-11-17(20-2)14-5-3-4-6-15(14)18(16)19/h3-11,19H,1-2H3. The minimum absolute atomic E-state index is 0.297. The van der Waals surface area contributed by atoms with Crippen LogP contribution in [0.3, 0.4) is 0 Å². The van der Waals surface area contributed by atoms with Gasteiger partial charge >= 0.3 is 0 Å². The maximum atomic E-state index is 10.5. The van der Waals surface area contributed by atoms with Crippen LogP contribution in [0, 0.1) is 6.92 Å². The summed E-state index contributed by atoms with van der Waals surface area (Å²) in [5.74, 6) is 1.07. The van der Waals surface area contributed by atoms with Crippen molar-refractivity contribution in [3.63, 3.8) is 0 Å². The molecule has 0 radical (unpaired) electrons. The van der Waals surface area contributed by atoms with Crippen LogP contribution in [0.4, 0.5) is 0 Å². The molecule has 1 N–H and O–H groups in total. The van der Waals surface area contributed by atoms with E-state index in [4.69, 9.17) is 4.74 Å². The van der Waals surface area contributed by atoms with Crippen LogP contribution in [0.1, 0.15) is 5.56 Å². The second-order valence-electron chi connectivity index (χ2n) is 4.89. The molecule has 3 aromatic carbocycles. The minimum Gasteiger partial charge on any atom is -0.507 e. The van der Waals surface area contributed by atoms with Gasteiger partial charge in [0.25, 0.3) is 0 Å². The van der Waals surface area contributed by atoms with E-state index in [1.807, 2.05) is 61.5 Å². The summed E-state index contributed by atoms with van der Waals surface area (Å²) in [6, 6.07) is 17.7. The van der Waals surface area contributed by atoms with Crippen molar-refractivity contribution in [1.29, 1.82) is 0 Å². The molecular weight excluding hydrogens is 248 g/mol. The Morgan fingerprint density at radius 1 is 0.900 bits per heavy atom. The summed E-state index contributed by atoms with van der Waals surface area (Å²) in [7, 11) is 1.65. The molecule has 0 spiro atoms. The zero-order chi connectivity index (χ0) is 14.1. The van der Waals surface area contributed by atoms with Gasteiger partial charge < -0.3 is 9.84 Å². The average Bonchev–Trinajstić information content (AvgIpc) is 2.49. The van der Waals surface area contributed by atoms with Crippen molar-refractivity contribution in [1.82, 2.24) is 0 Å². The van der Waals surface area contributed by atoms with Crippen LogP contribution in [0.15, 0.2) is 54.6 Å². The highest BCUT2D eigenvalue weighted by Gasteiger charge is 2.12. The van der Waals surface area contributed by atoms with E-state index in [2.05, 4.69) is 0 Å². The fourth-order valence-electron chi connectivity index (χ4n) is 2.45. The molecule has 3 aromatic rings. The number of methoxy groups -OCH3 is 1. The predicted molar refractivity (Wildman–Crippen MR) is 82.3 cm³/mol. The number of aryl methyl sites for hydroxylation is 1. The molecule has 2 heteroatoms. The number of rotatable bonds is 2. The summed E-state index contributed by atoms with van der Waals surface area (Å²) >= 11 is 0. The highest BCUT2D eigenvalue weighted by atomic mass is 16.5. The van der Waals surface area contributed by atoms with E-state index in [1.165, 1.54) is 5.56 Å². The van der Waals surface area contributed by atoms with Crippen LogP contribution in [0.5, 0.6) is 11.5 Å². The van der Waals surface area contributed by atoms with E-state index < -0.39 is 0 Å². The van der Waals surface area contributed by atoms with Crippen LogP contribution in [0.2, 0.25) is 0 Å². The van der Waals surface area contributed by atoms with E-state index >= 15 is 0 Å². The molecule has 0 atom stereocenters. The Hall–Kier alpha value is -2.48. The number of hydrogen-bond acceptors (Lipinski definition) is 2. The van der Waals surface area contributed by atoms with E-state index in [1.54, 1.807) is 7.11 Å². The third-order valence-electron chi connectivity index (χ3n) is 3.56. The lowest BCUT2D eigenvalue weighted by molar-refractivity contribution is 0.418. The molecule has 0 unspecified atom stereocenters. The quantitative estimate of drug-likeness (QED) is 0.737. The third-order valence-corrected chi connectivity index (χ3v) is 3.56. The first kappa shape index (κ1) is 12.5.